The van der Waals surface area contributed by atoms with Gasteiger partial charge in [-0.2, -0.15) is 0 Å². The van der Waals surface area contributed by atoms with E-state index in [-0.39, 0.29) is 24.5 Å². The number of ether oxygens (including phenoxy) is 2. The maximum absolute atomic E-state index is 13.0. The van der Waals surface area contributed by atoms with Crippen molar-refractivity contribution in [1.82, 2.24) is 15.1 Å². The van der Waals surface area contributed by atoms with E-state index in [0.29, 0.717) is 26.2 Å². The second-order valence-corrected chi connectivity index (χ2v) is 8.72. The van der Waals surface area contributed by atoms with Crippen LogP contribution in [-0.2, 0) is 20.9 Å². The Morgan fingerprint density at radius 3 is 2.10 bits per heavy atom. The first kappa shape index (κ1) is 23.5. The minimum absolute atomic E-state index is 0.106. The van der Waals surface area contributed by atoms with E-state index in [0.717, 1.165) is 5.56 Å². The molecule has 8 nitrogen and oxygen atoms in total. The van der Waals surface area contributed by atoms with Gasteiger partial charge in [0.25, 0.3) is 0 Å². The molecule has 0 bridgehead atoms. The highest BCUT2D eigenvalue weighted by molar-refractivity contribution is 5.86. The first-order chi connectivity index (χ1) is 14.1. The summed E-state index contributed by atoms with van der Waals surface area (Å²) < 4.78 is 10.6. The van der Waals surface area contributed by atoms with Gasteiger partial charge in [0.1, 0.15) is 18.2 Å². The van der Waals surface area contributed by atoms with Crippen molar-refractivity contribution in [3.8, 4) is 0 Å². The Morgan fingerprint density at radius 2 is 1.57 bits per heavy atom. The van der Waals surface area contributed by atoms with E-state index in [4.69, 9.17) is 9.47 Å². The number of piperazine rings is 1. The van der Waals surface area contributed by atoms with E-state index >= 15 is 0 Å². The summed E-state index contributed by atoms with van der Waals surface area (Å²) >= 11 is 0. The van der Waals surface area contributed by atoms with Gasteiger partial charge in [0.2, 0.25) is 5.91 Å². The average Bonchev–Trinajstić information content (AvgIpc) is 2.69. The van der Waals surface area contributed by atoms with Crippen LogP contribution in [0.5, 0.6) is 0 Å². The van der Waals surface area contributed by atoms with Gasteiger partial charge in [-0.15, -0.1) is 0 Å². The quantitative estimate of drug-likeness (QED) is 0.793. The zero-order valence-corrected chi connectivity index (χ0v) is 18.5. The number of hydrogen-bond donors (Lipinski definition) is 1. The number of nitrogens with zero attached hydrogens (tertiary/aromatic N) is 2. The first-order valence-corrected chi connectivity index (χ1v) is 10.3. The smallest absolute Gasteiger partial charge is 0.410 e. The van der Waals surface area contributed by atoms with Crippen LogP contribution in [0.4, 0.5) is 9.59 Å². The van der Waals surface area contributed by atoms with Crippen LogP contribution in [0.3, 0.4) is 0 Å². The Labute approximate surface area is 178 Å². The highest BCUT2D eigenvalue weighted by Crippen LogP contribution is 2.14. The molecule has 166 valence electrons. The van der Waals surface area contributed by atoms with Crippen molar-refractivity contribution < 1.29 is 23.9 Å². The summed E-state index contributed by atoms with van der Waals surface area (Å²) in [7, 11) is 0. The molecule has 1 N–H and O–H groups in total. The predicted molar refractivity (Wildman–Crippen MR) is 113 cm³/mol. The van der Waals surface area contributed by atoms with Crippen molar-refractivity contribution >= 4 is 18.1 Å². The van der Waals surface area contributed by atoms with Crippen molar-refractivity contribution in [3.05, 3.63) is 35.9 Å². The van der Waals surface area contributed by atoms with Crippen LogP contribution in [0.15, 0.2) is 30.3 Å². The Balaban J connectivity index is 1.86. The van der Waals surface area contributed by atoms with Crippen LogP contribution in [-0.4, -0.2) is 65.7 Å². The molecule has 3 amide bonds. The van der Waals surface area contributed by atoms with Crippen LogP contribution in [0, 0.1) is 5.92 Å². The minimum atomic E-state index is -0.693. The monoisotopic (exact) mass is 419 g/mol. The van der Waals surface area contributed by atoms with Gasteiger partial charge in [-0.1, -0.05) is 44.2 Å². The molecule has 1 fully saturated rings. The fourth-order valence-electron chi connectivity index (χ4n) is 3.04. The van der Waals surface area contributed by atoms with E-state index in [9.17, 15) is 14.4 Å². The van der Waals surface area contributed by atoms with E-state index < -0.39 is 17.7 Å². The highest BCUT2D eigenvalue weighted by Gasteiger charge is 2.33. The third kappa shape index (κ3) is 7.24. The molecule has 0 aliphatic carbocycles. The van der Waals surface area contributed by atoms with Crippen molar-refractivity contribution in [2.24, 2.45) is 5.92 Å². The van der Waals surface area contributed by atoms with Crippen molar-refractivity contribution in [1.29, 1.82) is 0 Å². The Hall–Kier alpha value is -2.77. The van der Waals surface area contributed by atoms with Crippen molar-refractivity contribution in [3.63, 3.8) is 0 Å². The lowest BCUT2D eigenvalue weighted by molar-refractivity contribution is -0.136. The number of carbonyl (C=O) groups is 3. The van der Waals surface area contributed by atoms with Gasteiger partial charge >= 0.3 is 12.2 Å². The van der Waals surface area contributed by atoms with Crippen LogP contribution in [0.25, 0.3) is 0 Å². The van der Waals surface area contributed by atoms with Gasteiger partial charge in [0, 0.05) is 26.2 Å². The molecule has 0 spiro atoms. The topological polar surface area (TPSA) is 88.2 Å². The lowest BCUT2D eigenvalue weighted by Crippen LogP contribution is -2.57. The third-order valence-corrected chi connectivity index (χ3v) is 4.66. The molecule has 0 radical (unpaired) electrons. The van der Waals surface area contributed by atoms with Crippen LogP contribution < -0.4 is 5.32 Å². The van der Waals surface area contributed by atoms with Crippen LogP contribution in [0.1, 0.15) is 40.2 Å². The molecular formula is C22H33N3O5. The summed E-state index contributed by atoms with van der Waals surface area (Å²) in [5.74, 6) is -0.281. The molecule has 2 rings (SSSR count). The summed E-state index contributed by atoms with van der Waals surface area (Å²) in [4.78, 5) is 40.7. The van der Waals surface area contributed by atoms with Gasteiger partial charge in [0.05, 0.1) is 0 Å². The van der Waals surface area contributed by atoms with Crippen LogP contribution in [0.2, 0.25) is 0 Å². The summed E-state index contributed by atoms with van der Waals surface area (Å²) in [6, 6.07) is 8.66. The van der Waals surface area contributed by atoms with E-state index in [1.165, 1.54) is 0 Å². The molecule has 0 unspecified atom stereocenters. The molecule has 1 heterocycles. The number of hydrogen-bond acceptors (Lipinski definition) is 5. The fourth-order valence-corrected chi connectivity index (χ4v) is 3.04. The molecule has 30 heavy (non-hydrogen) atoms. The lowest BCUT2D eigenvalue weighted by atomic mass is 10.0. The molecular weight excluding hydrogens is 386 g/mol. The minimum Gasteiger partial charge on any atom is -0.445 e. The number of benzene rings is 1. The van der Waals surface area contributed by atoms with E-state index in [1.807, 2.05) is 65.0 Å². The maximum Gasteiger partial charge on any atom is 0.410 e. The fraction of sp³-hybridized carbons (Fsp3) is 0.591. The average molecular weight is 420 g/mol. The standard InChI is InChI=1S/C22H33N3O5/c1-16(2)18(23-20(27)29-15-17-9-7-6-8-10-17)19(26)24-11-13-25(14-12-24)21(28)30-22(3,4)5/h6-10,16,18H,11-15H2,1-5H3,(H,23,27)/t18-/m0/s1. The molecule has 0 aromatic heterocycles. The summed E-state index contributed by atoms with van der Waals surface area (Å²) in [6.45, 7) is 10.9. The van der Waals surface area contributed by atoms with E-state index in [2.05, 4.69) is 5.32 Å². The van der Waals surface area contributed by atoms with Gasteiger partial charge in [-0.3, -0.25) is 4.79 Å². The van der Waals surface area contributed by atoms with Gasteiger partial charge in [0.15, 0.2) is 0 Å². The SMILES string of the molecule is CC(C)[C@H](NC(=O)OCc1ccccc1)C(=O)N1CCN(C(=O)OC(C)(C)C)CC1. The number of amides is 3. The van der Waals surface area contributed by atoms with Crippen LogP contribution >= 0.6 is 0 Å². The summed E-state index contributed by atoms with van der Waals surface area (Å²) in [5, 5.41) is 2.69. The van der Waals surface area contributed by atoms with Gasteiger partial charge < -0.3 is 24.6 Å². The third-order valence-electron chi connectivity index (χ3n) is 4.66. The Kier molecular flexibility index (Phi) is 8.08. The zero-order chi connectivity index (χ0) is 22.3. The normalized spacial score (nSPS) is 15.5. The highest BCUT2D eigenvalue weighted by atomic mass is 16.6. The molecule has 1 aromatic carbocycles. The largest absolute Gasteiger partial charge is 0.445 e. The first-order valence-electron chi connectivity index (χ1n) is 10.3. The number of nitrogens with one attached hydrogen (secondary N) is 1. The second-order valence-electron chi connectivity index (χ2n) is 8.72. The molecule has 1 atom stereocenters. The predicted octanol–water partition coefficient (Wildman–Crippen LogP) is 3.02. The molecule has 1 aromatic rings. The molecule has 1 saturated heterocycles. The molecule has 0 saturated carbocycles. The van der Waals surface area contributed by atoms with Gasteiger partial charge in [-0.25, -0.2) is 9.59 Å². The van der Waals surface area contributed by atoms with E-state index in [1.54, 1.807) is 9.80 Å². The molecule has 1 aliphatic heterocycles. The summed E-state index contributed by atoms with van der Waals surface area (Å²) in [6.07, 6.45) is -1.00. The second kappa shape index (κ2) is 10.3. The lowest BCUT2D eigenvalue weighted by Gasteiger charge is -2.37. The maximum atomic E-state index is 13.0. The number of alkyl carbamates (subject to hydrolysis) is 1. The number of rotatable bonds is 5. The molecule has 1 aliphatic rings. The van der Waals surface area contributed by atoms with Crippen molar-refractivity contribution in [2.75, 3.05) is 26.2 Å². The number of carbonyl (C=O) groups excluding carboxylic acids is 3. The van der Waals surface area contributed by atoms with Gasteiger partial charge in [-0.05, 0) is 32.3 Å². The van der Waals surface area contributed by atoms with Crippen molar-refractivity contribution in [2.45, 2.75) is 52.9 Å². The summed E-state index contributed by atoms with van der Waals surface area (Å²) in [5.41, 5.74) is 0.315. The zero-order valence-electron chi connectivity index (χ0n) is 18.5. The Morgan fingerprint density at radius 1 is 1.00 bits per heavy atom. The Bertz CT molecular complexity index is 722. The molecule has 8 heteroatoms.